The maximum absolute atomic E-state index is 10.9. The molecule has 30 heavy (non-hydrogen) atoms. The van der Waals surface area contributed by atoms with Crippen LogP contribution < -0.4 is 0 Å². The summed E-state index contributed by atoms with van der Waals surface area (Å²) in [6, 6.07) is 11.7. The minimum absolute atomic E-state index is 0.217. The van der Waals surface area contributed by atoms with Crippen LogP contribution in [0, 0.1) is 6.92 Å². The van der Waals surface area contributed by atoms with Crippen molar-refractivity contribution in [1.29, 1.82) is 0 Å². The second-order valence-corrected chi connectivity index (χ2v) is 7.85. The van der Waals surface area contributed by atoms with E-state index in [0.717, 1.165) is 62.9 Å². The minimum Gasteiger partial charge on any atom is -0.507 e. The molecule has 0 aliphatic heterocycles. The lowest BCUT2D eigenvalue weighted by atomic mass is 9.86. The monoisotopic (exact) mass is 404 g/mol. The summed E-state index contributed by atoms with van der Waals surface area (Å²) in [6.07, 6.45) is 2.90. The van der Waals surface area contributed by atoms with Gasteiger partial charge in [0.2, 0.25) is 0 Å². The fourth-order valence-corrected chi connectivity index (χ4v) is 4.25. The number of hydrogen-bond acceptors (Lipinski definition) is 3. The Bertz CT molecular complexity index is 943. The molecule has 0 spiro atoms. The van der Waals surface area contributed by atoms with E-state index >= 15 is 0 Å². The van der Waals surface area contributed by atoms with Gasteiger partial charge in [-0.1, -0.05) is 33.8 Å². The summed E-state index contributed by atoms with van der Waals surface area (Å²) >= 11 is 0. The molecule has 0 unspecified atom stereocenters. The first-order valence-electron chi connectivity index (χ1n) is 10.9. The predicted molar refractivity (Wildman–Crippen MR) is 125 cm³/mol. The van der Waals surface area contributed by atoms with Crippen molar-refractivity contribution in [3.63, 3.8) is 0 Å². The zero-order chi connectivity index (χ0) is 22.0. The smallest absolute Gasteiger partial charge is 0.124 e. The highest BCUT2D eigenvalue weighted by Crippen LogP contribution is 2.44. The zero-order valence-electron chi connectivity index (χ0n) is 18.6. The van der Waals surface area contributed by atoms with E-state index in [1.807, 2.05) is 65.0 Å². The summed E-state index contributed by atoms with van der Waals surface area (Å²) in [5, 5.41) is 32.0. The van der Waals surface area contributed by atoms with Crippen molar-refractivity contribution in [3.8, 4) is 39.5 Å². The minimum atomic E-state index is 0.217. The van der Waals surface area contributed by atoms with Gasteiger partial charge in [0.1, 0.15) is 17.2 Å². The number of benzene rings is 3. The average Bonchev–Trinajstić information content (AvgIpc) is 2.75. The SMILES string of the molecule is CCc1cc(-c2c(C)ccc(O)c2-c2cc(CC)c(O)c(CC)c2)cc(CC)c1O. The topological polar surface area (TPSA) is 60.7 Å². The van der Waals surface area contributed by atoms with Crippen molar-refractivity contribution in [2.24, 2.45) is 0 Å². The van der Waals surface area contributed by atoms with Gasteiger partial charge in [-0.15, -0.1) is 0 Å². The average molecular weight is 405 g/mol. The zero-order valence-corrected chi connectivity index (χ0v) is 18.6. The molecule has 0 heterocycles. The van der Waals surface area contributed by atoms with Gasteiger partial charge in [0.05, 0.1) is 0 Å². The van der Waals surface area contributed by atoms with Gasteiger partial charge >= 0.3 is 0 Å². The van der Waals surface area contributed by atoms with Crippen LogP contribution in [0.25, 0.3) is 22.3 Å². The van der Waals surface area contributed by atoms with Crippen LogP contribution in [0.4, 0.5) is 0 Å². The lowest BCUT2D eigenvalue weighted by Gasteiger charge is -2.19. The first-order valence-corrected chi connectivity index (χ1v) is 10.9. The Balaban J connectivity index is 2.38. The summed E-state index contributed by atoms with van der Waals surface area (Å²) in [4.78, 5) is 0. The highest BCUT2D eigenvalue weighted by Gasteiger charge is 2.19. The van der Waals surface area contributed by atoms with Crippen LogP contribution in [-0.2, 0) is 25.7 Å². The van der Waals surface area contributed by atoms with Crippen LogP contribution in [0.3, 0.4) is 0 Å². The van der Waals surface area contributed by atoms with Crippen LogP contribution in [-0.4, -0.2) is 15.3 Å². The quantitative estimate of drug-likeness (QED) is 0.429. The molecule has 3 aromatic carbocycles. The molecular formula is C27H32O3. The summed E-state index contributed by atoms with van der Waals surface area (Å²) in [5.41, 5.74) is 8.27. The Kier molecular flexibility index (Phi) is 6.40. The van der Waals surface area contributed by atoms with E-state index in [2.05, 4.69) is 0 Å². The maximum atomic E-state index is 10.9. The molecule has 0 aliphatic rings. The molecule has 0 fully saturated rings. The second kappa shape index (κ2) is 8.83. The van der Waals surface area contributed by atoms with Crippen LogP contribution in [0.15, 0.2) is 36.4 Å². The molecule has 3 heteroatoms. The van der Waals surface area contributed by atoms with Crippen LogP contribution in [0.2, 0.25) is 0 Å². The molecule has 0 aromatic heterocycles. The van der Waals surface area contributed by atoms with Crippen molar-refractivity contribution in [3.05, 3.63) is 64.2 Å². The fourth-order valence-electron chi connectivity index (χ4n) is 4.25. The molecular weight excluding hydrogens is 372 g/mol. The molecule has 0 saturated carbocycles. The van der Waals surface area contributed by atoms with E-state index in [1.54, 1.807) is 6.07 Å². The molecule has 3 aromatic rings. The third-order valence-electron chi connectivity index (χ3n) is 6.03. The molecule has 3 nitrogen and oxygen atoms in total. The summed E-state index contributed by atoms with van der Waals surface area (Å²) in [5.74, 6) is 0.937. The van der Waals surface area contributed by atoms with E-state index in [4.69, 9.17) is 0 Å². The number of rotatable bonds is 6. The molecule has 0 bridgehead atoms. The van der Waals surface area contributed by atoms with Crippen molar-refractivity contribution < 1.29 is 15.3 Å². The molecule has 0 amide bonds. The van der Waals surface area contributed by atoms with E-state index in [-0.39, 0.29) is 5.75 Å². The molecule has 0 atom stereocenters. The number of aromatic hydroxyl groups is 3. The molecule has 0 radical (unpaired) electrons. The largest absolute Gasteiger partial charge is 0.507 e. The van der Waals surface area contributed by atoms with Gasteiger partial charge in [-0.3, -0.25) is 0 Å². The number of aryl methyl sites for hydroxylation is 5. The van der Waals surface area contributed by atoms with Gasteiger partial charge in [0.25, 0.3) is 0 Å². The van der Waals surface area contributed by atoms with Gasteiger partial charge in [-0.05, 0) is 107 Å². The Labute approximate surface area is 179 Å². The van der Waals surface area contributed by atoms with Gasteiger partial charge in [0, 0.05) is 5.56 Å². The third kappa shape index (κ3) is 3.77. The number of hydrogen-bond donors (Lipinski definition) is 3. The Morgan fingerprint density at radius 1 is 0.567 bits per heavy atom. The van der Waals surface area contributed by atoms with Crippen molar-refractivity contribution in [2.75, 3.05) is 0 Å². The van der Waals surface area contributed by atoms with Gasteiger partial charge in [-0.25, -0.2) is 0 Å². The highest BCUT2D eigenvalue weighted by atomic mass is 16.3. The Morgan fingerprint density at radius 2 is 0.933 bits per heavy atom. The van der Waals surface area contributed by atoms with E-state index in [9.17, 15) is 15.3 Å². The Hall–Kier alpha value is -2.94. The van der Waals surface area contributed by atoms with Gasteiger partial charge in [0.15, 0.2) is 0 Å². The molecule has 3 rings (SSSR count). The lowest BCUT2D eigenvalue weighted by molar-refractivity contribution is 0.462. The maximum Gasteiger partial charge on any atom is 0.124 e. The highest BCUT2D eigenvalue weighted by molar-refractivity contribution is 5.90. The first-order chi connectivity index (χ1) is 14.4. The Morgan fingerprint density at radius 3 is 1.30 bits per heavy atom. The lowest BCUT2D eigenvalue weighted by Crippen LogP contribution is -1.97. The normalized spacial score (nSPS) is 11.1. The van der Waals surface area contributed by atoms with Crippen molar-refractivity contribution in [1.82, 2.24) is 0 Å². The van der Waals surface area contributed by atoms with E-state index < -0.39 is 0 Å². The van der Waals surface area contributed by atoms with Crippen LogP contribution in [0.1, 0.15) is 55.5 Å². The molecule has 158 valence electrons. The number of phenolic OH excluding ortho intramolecular Hbond substituents is 3. The van der Waals surface area contributed by atoms with Crippen molar-refractivity contribution in [2.45, 2.75) is 60.3 Å². The number of phenols is 3. The van der Waals surface area contributed by atoms with Crippen LogP contribution >= 0.6 is 0 Å². The second-order valence-electron chi connectivity index (χ2n) is 7.85. The third-order valence-corrected chi connectivity index (χ3v) is 6.03. The van der Waals surface area contributed by atoms with E-state index in [1.165, 1.54) is 0 Å². The van der Waals surface area contributed by atoms with Gasteiger partial charge < -0.3 is 15.3 Å². The van der Waals surface area contributed by atoms with E-state index in [0.29, 0.717) is 24.3 Å². The predicted octanol–water partition coefficient (Wildman–Crippen LogP) is 6.70. The van der Waals surface area contributed by atoms with Gasteiger partial charge in [-0.2, -0.15) is 0 Å². The summed E-state index contributed by atoms with van der Waals surface area (Å²) in [6.45, 7) is 10.2. The fraction of sp³-hybridized carbons (Fsp3) is 0.333. The summed E-state index contributed by atoms with van der Waals surface area (Å²) < 4.78 is 0. The molecule has 3 N–H and O–H groups in total. The molecule has 0 saturated heterocycles. The standard InChI is InChI=1S/C27H32O3/c1-6-17-12-21(13-18(7-2)26(17)29)24-16(5)10-11-23(28)25(24)22-14-19(8-3)27(30)20(9-4)15-22/h10-15,28-30H,6-9H2,1-5H3. The van der Waals surface area contributed by atoms with Crippen molar-refractivity contribution >= 4 is 0 Å². The van der Waals surface area contributed by atoms with Crippen LogP contribution in [0.5, 0.6) is 17.2 Å². The summed E-state index contributed by atoms with van der Waals surface area (Å²) in [7, 11) is 0. The first kappa shape index (κ1) is 21.8. The molecule has 0 aliphatic carbocycles.